The highest BCUT2D eigenvalue weighted by molar-refractivity contribution is 6.31. The molecule has 0 spiro atoms. The summed E-state index contributed by atoms with van der Waals surface area (Å²) in [6, 6.07) is 9.62. The molecule has 0 fully saturated rings. The van der Waals surface area contributed by atoms with Crippen molar-refractivity contribution in [1.29, 1.82) is 0 Å². The van der Waals surface area contributed by atoms with Gasteiger partial charge in [0.15, 0.2) is 17.2 Å². The standard InChI is InChI=1S/C25H22ClF4NO5/c1-4-35-23(33)36-21-12-16(6-9-20(21)27)15-5-8-18(19(26)11-15)14(2)24(34,25(28,29)30)17-7-10-22(32)31(3)13-17/h5-14,34H,4H2,1-3H3. The summed E-state index contributed by atoms with van der Waals surface area (Å²) in [5.74, 6) is -2.80. The van der Waals surface area contributed by atoms with Crippen LogP contribution in [0.3, 0.4) is 0 Å². The van der Waals surface area contributed by atoms with Crippen LogP contribution in [-0.4, -0.2) is 28.6 Å². The van der Waals surface area contributed by atoms with Crippen molar-refractivity contribution in [1.82, 2.24) is 4.57 Å². The van der Waals surface area contributed by atoms with Gasteiger partial charge in [0.1, 0.15) is 0 Å². The molecule has 1 heterocycles. The second-order valence-electron chi connectivity index (χ2n) is 8.02. The van der Waals surface area contributed by atoms with Gasteiger partial charge in [0.2, 0.25) is 5.56 Å². The van der Waals surface area contributed by atoms with Crippen LogP contribution < -0.4 is 10.3 Å². The monoisotopic (exact) mass is 527 g/mol. The molecule has 0 saturated carbocycles. The fourth-order valence-corrected chi connectivity index (χ4v) is 4.10. The van der Waals surface area contributed by atoms with Crippen LogP contribution >= 0.6 is 11.6 Å². The first-order chi connectivity index (χ1) is 16.8. The van der Waals surface area contributed by atoms with E-state index in [9.17, 15) is 32.3 Å². The van der Waals surface area contributed by atoms with Crippen LogP contribution in [0.1, 0.15) is 30.9 Å². The van der Waals surface area contributed by atoms with Gasteiger partial charge in [-0.1, -0.05) is 36.7 Å². The third kappa shape index (κ3) is 5.24. The molecule has 1 aromatic heterocycles. The first-order valence-corrected chi connectivity index (χ1v) is 11.1. The van der Waals surface area contributed by atoms with Crippen LogP contribution in [-0.2, 0) is 17.4 Å². The van der Waals surface area contributed by atoms with Gasteiger partial charge >= 0.3 is 12.3 Å². The molecule has 11 heteroatoms. The largest absolute Gasteiger partial charge is 0.513 e. The van der Waals surface area contributed by atoms with Crippen molar-refractivity contribution in [3.8, 4) is 16.9 Å². The van der Waals surface area contributed by atoms with Crippen molar-refractivity contribution in [3.05, 3.63) is 87.0 Å². The highest BCUT2D eigenvalue weighted by Crippen LogP contribution is 2.49. The van der Waals surface area contributed by atoms with Crippen LogP contribution in [0.4, 0.5) is 22.4 Å². The van der Waals surface area contributed by atoms with Crippen LogP contribution in [0.25, 0.3) is 11.1 Å². The molecule has 0 radical (unpaired) electrons. The summed E-state index contributed by atoms with van der Waals surface area (Å²) in [7, 11) is 1.28. The Morgan fingerprint density at radius 2 is 1.75 bits per heavy atom. The number of carbonyl (C=O) groups is 1. The molecular weight excluding hydrogens is 506 g/mol. The van der Waals surface area contributed by atoms with Crippen molar-refractivity contribution in [2.45, 2.75) is 31.5 Å². The van der Waals surface area contributed by atoms with Crippen LogP contribution in [0.15, 0.2) is 59.5 Å². The lowest BCUT2D eigenvalue weighted by Crippen LogP contribution is -2.47. The highest BCUT2D eigenvalue weighted by atomic mass is 35.5. The number of nitrogens with zero attached hydrogens (tertiary/aromatic N) is 1. The van der Waals surface area contributed by atoms with Crippen molar-refractivity contribution in [2.75, 3.05) is 6.61 Å². The molecule has 0 amide bonds. The molecule has 2 atom stereocenters. The van der Waals surface area contributed by atoms with Gasteiger partial charge in [0.05, 0.1) is 6.61 Å². The Bertz CT molecular complexity index is 1340. The van der Waals surface area contributed by atoms with Gasteiger partial charge in [-0.25, -0.2) is 9.18 Å². The van der Waals surface area contributed by atoms with Gasteiger partial charge in [0, 0.05) is 35.8 Å². The highest BCUT2D eigenvalue weighted by Gasteiger charge is 2.59. The molecule has 1 N–H and O–H groups in total. The molecule has 3 rings (SSSR count). The lowest BCUT2D eigenvalue weighted by molar-refractivity contribution is -0.274. The zero-order chi connectivity index (χ0) is 26.8. The quantitative estimate of drug-likeness (QED) is 0.244. The number of hydrogen-bond donors (Lipinski definition) is 1. The Kier molecular flexibility index (Phi) is 7.80. The molecule has 0 bridgehead atoms. The Labute approximate surface area is 208 Å². The van der Waals surface area contributed by atoms with E-state index in [1.807, 2.05) is 0 Å². The molecule has 2 unspecified atom stereocenters. The Morgan fingerprint density at radius 3 is 2.33 bits per heavy atom. The normalized spacial score (nSPS) is 14.1. The number of aromatic nitrogens is 1. The van der Waals surface area contributed by atoms with Crippen molar-refractivity contribution < 1.29 is 36.9 Å². The number of aryl methyl sites for hydroxylation is 1. The molecule has 0 saturated heterocycles. The summed E-state index contributed by atoms with van der Waals surface area (Å²) in [6.07, 6.45) is -5.28. The zero-order valence-corrected chi connectivity index (χ0v) is 20.2. The summed E-state index contributed by atoms with van der Waals surface area (Å²) in [5, 5.41) is 10.9. The second-order valence-corrected chi connectivity index (χ2v) is 8.43. The van der Waals surface area contributed by atoms with E-state index in [1.165, 1.54) is 44.3 Å². The van der Waals surface area contributed by atoms with E-state index in [1.54, 1.807) is 6.92 Å². The maximum Gasteiger partial charge on any atom is 0.513 e. The van der Waals surface area contributed by atoms with E-state index in [4.69, 9.17) is 16.3 Å². The lowest BCUT2D eigenvalue weighted by atomic mass is 9.78. The van der Waals surface area contributed by atoms with Gasteiger partial charge in [-0.05, 0) is 47.9 Å². The average Bonchev–Trinajstić information content (AvgIpc) is 2.80. The third-order valence-corrected chi connectivity index (χ3v) is 6.10. The van der Waals surface area contributed by atoms with Crippen molar-refractivity contribution in [3.63, 3.8) is 0 Å². The first-order valence-electron chi connectivity index (χ1n) is 10.7. The van der Waals surface area contributed by atoms with Crippen LogP contribution in [0.2, 0.25) is 5.02 Å². The van der Waals surface area contributed by atoms with E-state index in [2.05, 4.69) is 4.74 Å². The van der Waals surface area contributed by atoms with Gasteiger partial charge in [-0.3, -0.25) is 4.79 Å². The molecule has 192 valence electrons. The topological polar surface area (TPSA) is 77.8 Å². The van der Waals surface area contributed by atoms with Gasteiger partial charge in [-0.15, -0.1) is 0 Å². The summed E-state index contributed by atoms with van der Waals surface area (Å²) in [4.78, 5) is 23.2. The van der Waals surface area contributed by atoms with E-state index in [0.717, 1.165) is 29.0 Å². The predicted molar refractivity (Wildman–Crippen MR) is 125 cm³/mol. The number of halogens is 5. The fourth-order valence-electron chi connectivity index (χ4n) is 3.76. The van der Waals surface area contributed by atoms with E-state index < -0.39 is 46.5 Å². The second kappa shape index (κ2) is 10.3. The van der Waals surface area contributed by atoms with Crippen molar-refractivity contribution >= 4 is 17.8 Å². The zero-order valence-electron chi connectivity index (χ0n) is 19.4. The van der Waals surface area contributed by atoms with Gasteiger partial charge < -0.3 is 19.1 Å². The number of pyridine rings is 1. The number of carbonyl (C=O) groups excluding carboxylic acids is 1. The number of benzene rings is 2. The SMILES string of the molecule is CCOC(=O)Oc1cc(-c2ccc(C(C)C(O)(c3ccc(=O)n(C)c3)C(F)(F)F)c(Cl)c2)ccc1F. The minimum absolute atomic E-state index is 0.0146. The molecule has 36 heavy (non-hydrogen) atoms. The number of ether oxygens (including phenoxy) is 2. The summed E-state index contributed by atoms with van der Waals surface area (Å²) in [5.41, 5.74) is -3.68. The average molecular weight is 528 g/mol. The minimum atomic E-state index is -5.11. The summed E-state index contributed by atoms with van der Waals surface area (Å²) in [6.45, 7) is 2.75. The van der Waals surface area contributed by atoms with Gasteiger partial charge in [0.25, 0.3) is 0 Å². The number of alkyl halides is 3. The summed E-state index contributed by atoms with van der Waals surface area (Å²) < 4.78 is 67.1. The molecule has 6 nitrogen and oxygen atoms in total. The van der Waals surface area contributed by atoms with Crippen LogP contribution in [0.5, 0.6) is 5.75 Å². The van der Waals surface area contributed by atoms with E-state index in [0.29, 0.717) is 11.1 Å². The Balaban J connectivity index is 2.02. The molecular formula is C25H22ClF4NO5. The number of hydrogen-bond acceptors (Lipinski definition) is 5. The Hall–Kier alpha value is -3.37. The number of rotatable bonds is 6. The van der Waals surface area contributed by atoms with Gasteiger partial charge in [-0.2, -0.15) is 13.2 Å². The first kappa shape index (κ1) is 27.2. The molecule has 0 aliphatic carbocycles. The number of aliphatic hydroxyl groups is 1. The van der Waals surface area contributed by atoms with E-state index in [-0.39, 0.29) is 17.2 Å². The maximum absolute atomic E-state index is 14.2. The van der Waals surface area contributed by atoms with Crippen LogP contribution in [0, 0.1) is 5.82 Å². The maximum atomic E-state index is 14.2. The summed E-state index contributed by atoms with van der Waals surface area (Å²) >= 11 is 6.36. The Morgan fingerprint density at radius 1 is 1.11 bits per heavy atom. The predicted octanol–water partition coefficient (Wildman–Crippen LogP) is 5.93. The molecule has 3 aromatic rings. The molecule has 2 aromatic carbocycles. The van der Waals surface area contributed by atoms with Crippen molar-refractivity contribution in [2.24, 2.45) is 7.05 Å². The fraction of sp³-hybridized carbons (Fsp3) is 0.280. The lowest BCUT2D eigenvalue weighted by Gasteiger charge is -2.37. The minimum Gasteiger partial charge on any atom is -0.434 e. The third-order valence-electron chi connectivity index (χ3n) is 5.77. The smallest absolute Gasteiger partial charge is 0.434 e. The molecule has 0 aliphatic heterocycles. The molecule has 0 aliphatic rings. The van der Waals surface area contributed by atoms with E-state index >= 15 is 0 Å².